The summed E-state index contributed by atoms with van der Waals surface area (Å²) in [7, 11) is 0. The third kappa shape index (κ3) is 1.96. The molecular weight excluding hydrogens is 136 g/mol. The van der Waals surface area contributed by atoms with E-state index >= 15 is 0 Å². The molecule has 0 aliphatic carbocycles. The second-order valence-corrected chi connectivity index (χ2v) is 2.06. The zero-order valence-electron chi connectivity index (χ0n) is 4.61. The smallest absolute Gasteiger partial charge is 0.203 e. The van der Waals surface area contributed by atoms with Crippen LogP contribution in [-0.2, 0) is 0 Å². The molecule has 4 nitrogen and oxygen atoms in total. The standard InChI is InChI=1S/C4H6N4S/c5-8-9-4-6-2-1-3-7-4/h1-3,8H,5H2. The summed E-state index contributed by atoms with van der Waals surface area (Å²) in [4.78, 5) is 10.1. The maximum atomic E-state index is 4.99. The van der Waals surface area contributed by atoms with E-state index in [1.165, 1.54) is 11.9 Å². The summed E-state index contributed by atoms with van der Waals surface area (Å²) >= 11 is 1.18. The van der Waals surface area contributed by atoms with Gasteiger partial charge in [0.25, 0.3) is 0 Å². The number of aromatic nitrogens is 2. The molecule has 0 unspecified atom stereocenters. The van der Waals surface area contributed by atoms with Crippen LogP contribution in [0.2, 0.25) is 0 Å². The number of rotatable bonds is 2. The minimum Gasteiger partial charge on any atom is -0.261 e. The Kier molecular flexibility index (Phi) is 2.44. The molecule has 1 aromatic rings. The number of nitrogens with two attached hydrogens (primary N) is 1. The SMILES string of the molecule is NNSc1ncccn1. The highest BCUT2D eigenvalue weighted by Gasteiger charge is 1.88. The Labute approximate surface area is 57.0 Å². The lowest BCUT2D eigenvalue weighted by atomic mass is 10.7. The molecule has 9 heavy (non-hydrogen) atoms. The van der Waals surface area contributed by atoms with Gasteiger partial charge in [0, 0.05) is 24.3 Å². The third-order valence-corrected chi connectivity index (χ3v) is 1.20. The van der Waals surface area contributed by atoms with Crippen LogP contribution in [0.4, 0.5) is 0 Å². The van der Waals surface area contributed by atoms with Crippen LogP contribution in [0.5, 0.6) is 0 Å². The molecule has 48 valence electrons. The zero-order valence-corrected chi connectivity index (χ0v) is 5.43. The molecule has 0 bridgehead atoms. The molecule has 1 rings (SSSR count). The van der Waals surface area contributed by atoms with E-state index in [0.29, 0.717) is 5.16 Å². The summed E-state index contributed by atoms with van der Waals surface area (Å²) in [6.45, 7) is 0. The monoisotopic (exact) mass is 142 g/mol. The molecule has 1 aromatic heterocycles. The first-order chi connectivity index (χ1) is 4.43. The van der Waals surface area contributed by atoms with Crippen molar-refractivity contribution in [2.45, 2.75) is 5.16 Å². The van der Waals surface area contributed by atoms with E-state index in [9.17, 15) is 0 Å². The summed E-state index contributed by atoms with van der Waals surface area (Å²) in [5.41, 5.74) is 0. The number of hydrogen-bond donors (Lipinski definition) is 2. The minimum absolute atomic E-state index is 0.625. The predicted octanol–water partition coefficient (Wildman–Crippen LogP) is -0.0530. The Bertz CT molecular complexity index is 165. The van der Waals surface area contributed by atoms with Crippen LogP contribution in [0.1, 0.15) is 0 Å². The average Bonchev–Trinajstić information content (AvgIpc) is 1.91. The lowest BCUT2D eigenvalue weighted by molar-refractivity contribution is 0.952. The van der Waals surface area contributed by atoms with Crippen molar-refractivity contribution in [3.05, 3.63) is 18.5 Å². The Balaban J connectivity index is 2.61. The van der Waals surface area contributed by atoms with Gasteiger partial charge >= 0.3 is 0 Å². The van der Waals surface area contributed by atoms with Crippen molar-refractivity contribution in [1.29, 1.82) is 0 Å². The lowest BCUT2D eigenvalue weighted by Crippen LogP contribution is -2.12. The number of nitrogens with zero attached hydrogens (tertiary/aromatic N) is 2. The number of hydrogen-bond acceptors (Lipinski definition) is 5. The van der Waals surface area contributed by atoms with Gasteiger partial charge in [-0.3, -0.25) is 5.84 Å². The quantitative estimate of drug-likeness (QED) is 0.262. The molecule has 0 fully saturated rings. The first-order valence-electron chi connectivity index (χ1n) is 2.33. The largest absolute Gasteiger partial charge is 0.261 e. The molecule has 0 aliphatic rings. The lowest BCUT2D eigenvalue weighted by Gasteiger charge is -1.92. The molecule has 1 heterocycles. The van der Waals surface area contributed by atoms with E-state index in [2.05, 4.69) is 14.8 Å². The van der Waals surface area contributed by atoms with Crippen LogP contribution in [0.3, 0.4) is 0 Å². The van der Waals surface area contributed by atoms with Crippen molar-refractivity contribution in [3.8, 4) is 0 Å². The normalized spacial score (nSPS) is 9.44. The number of nitrogens with one attached hydrogen (secondary N) is 1. The van der Waals surface area contributed by atoms with Gasteiger partial charge in [-0.1, -0.05) is 0 Å². The fourth-order valence-electron chi connectivity index (χ4n) is 0.391. The zero-order chi connectivity index (χ0) is 6.53. The van der Waals surface area contributed by atoms with Crippen LogP contribution in [0.25, 0.3) is 0 Å². The van der Waals surface area contributed by atoms with Crippen molar-refractivity contribution in [2.24, 2.45) is 5.84 Å². The van der Waals surface area contributed by atoms with Gasteiger partial charge in [0.05, 0.1) is 0 Å². The molecule has 3 N–H and O–H groups in total. The van der Waals surface area contributed by atoms with Crippen molar-refractivity contribution >= 4 is 11.9 Å². The van der Waals surface area contributed by atoms with E-state index in [0.717, 1.165) is 0 Å². The summed E-state index contributed by atoms with van der Waals surface area (Å²) in [6, 6.07) is 1.75. The minimum atomic E-state index is 0.625. The van der Waals surface area contributed by atoms with Gasteiger partial charge in [-0.15, -0.1) is 0 Å². The van der Waals surface area contributed by atoms with E-state index in [1.54, 1.807) is 18.5 Å². The highest BCUT2D eigenvalue weighted by molar-refractivity contribution is 7.97. The molecule has 0 saturated heterocycles. The van der Waals surface area contributed by atoms with Crippen molar-refractivity contribution < 1.29 is 0 Å². The summed E-state index contributed by atoms with van der Waals surface area (Å²) in [6.07, 6.45) is 3.32. The molecule has 0 saturated carbocycles. The maximum Gasteiger partial charge on any atom is 0.203 e. The first-order valence-corrected chi connectivity index (χ1v) is 3.14. The highest BCUT2D eigenvalue weighted by atomic mass is 32.2. The van der Waals surface area contributed by atoms with Crippen LogP contribution >= 0.6 is 11.9 Å². The van der Waals surface area contributed by atoms with Crippen molar-refractivity contribution in [2.75, 3.05) is 0 Å². The fraction of sp³-hybridized carbons (Fsp3) is 0. The Hall–Kier alpha value is -0.650. The molecular formula is C4H6N4S. The maximum absolute atomic E-state index is 4.99. The number of hydrazine groups is 1. The second-order valence-electron chi connectivity index (χ2n) is 1.25. The van der Waals surface area contributed by atoms with Gasteiger partial charge in [-0.25, -0.2) is 9.97 Å². The molecule has 0 radical (unpaired) electrons. The van der Waals surface area contributed by atoms with Crippen molar-refractivity contribution in [3.63, 3.8) is 0 Å². The van der Waals surface area contributed by atoms with Gasteiger partial charge in [0.15, 0.2) is 0 Å². The predicted molar refractivity (Wildman–Crippen MR) is 35.2 cm³/mol. The first kappa shape index (κ1) is 6.47. The van der Waals surface area contributed by atoms with E-state index < -0.39 is 0 Å². The van der Waals surface area contributed by atoms with E-state index in [-0.39, 0.29) is 0 Å². The summed E-state index contributed by atoms with van der Waals surface area (Å²) in [5.74, 6) is 4.99. The van der Waals surface area contributed by atoms with Gasteiger partial charge in [-0.2, -0.15) is 4.83 Å². The van der Waals surface area contributed by atoms with Crippen LogP contribution in [0.15, 0.2) is 23.6 Å². The third-order valence-electron chi connectivity index (χ3n) is 0.692. The Morgan fingerprint density at radius 2 is 2.11 bits per heavy atom. The molecule has 0 aromatic carbocycles. The second kappa shape index (κ2) is 3.39. The van der Waals surface area contributed by atoms with E-state index in [1.807, 2.05) is 0 Å². The van der Waals surface area contributed by atoms with Gasteiger partial charge in [0.1, 0.15) is 0 Å². The fourth-order valence-corrected chi connectivity index (χ4v) is 0.723. The molecule has 0 spiro atoms. The molecule has 0 amide bonds. The van der Waals surface area contributed by atoms with Crippen molar-refractivity contribution in [1.82, 2.24) is 14.8 Å². The molecule has 0 aliphatic heterocycles. The van der Waals surface area contributed by atoms with Gasteiger partial charge in [-0.05, 0) is 6.07 Å². The average molecular weight is 142 g/mol. The topological polar surface area (TPSA) is 63.8 Å². The Morgan fingerprint density at radius 3 is 2.67 bits per heavy atom. The molecule has 0 atom stereocenters. The van der Waals surface area contributed by atoms with Crippen LogP contribution < -0.4 is 10.7 Å². The van der Waals surface area contributed by atoms with Crippen LogP contribution in [-0.4, -0.2) is 9.97 Å². The summed E-state index contributed by atoms with van der Waals surface area (Å²) < 4.78 is 0. The van der Waals surface area contributed by atoms with Crippen LogP contribution in [0, 0.1) is 0 Å². The Morgan fingerprint density at radius 1 is 1.44 bits per heavy atom. The van der Waals surface area contributed by atoms with Gasteiger partial charge in [0.2, 0.25) is 5.16 Å². The summed E-state index contributed by atoms with van der Waals surface area (Å²) in [5, 5.41) is 0.625. The van der Waals surface area contributed by atoms with E-state index in [4.69, 9.17) is 5.84 Å². The highest BCUT2D eigenvalue weighted by Crippen LogP contribution is 2.01. The van der Waals surface area contributed by atoms with Gasteiger partial charge < -0.3 is 0 Å². The molecule has 5 heteroatoms.